The first-order chi connectivity index (χ1) is 13.6. The fraction of sp³-hybridized carbons (Fsp3) is 0.435. The van der Waals surface area contributed by atoms with Gasteiger partial charge in [-0.1, -0.05) is 45.0 Å². The van der Waals surface area contributed by atoms with Crippen molar-refractivity contribution in [2.75, 3.05) is 10.6 Å². The van der Waals surface area contributed by atoms with Gasteiger partial charge in [0, 0.05) is 11.6 Å². The lowest BCUT2D eigenvalue weighted by Gasteiger charge is -2.24. The molecule has 0 radical (unpaired) electrons. The lowest BCUT2D eigenvalue weighted by molar-refractivity contribution is 0.0925. The average molecular weight is 415 g/mol. The highest BCUT2D eigenvalue weighted by molar-refractivity contribution is 7.92. The molecule has 1 aliphatic heterocycles. The fourth-order valence-corrected chi connectivity index (χ4v) is 5.33. The Labute approximate surface area is 174 Å². The van der Waals surface area contributed by atoms with Crippen molar-refractivity contribution < 1.29 is 13.2 Å². The van der Waals surface area contributed by atoms with E-state index in [2.05, 4.69) is 50.4 Å². The Balaban J connectivity index is 1.84. The van der Waals surface area contributed by atoms with Gasteiger partial charge in [-0.15, -0.1) is 0 Å². The molecule has 0 aliphatic carbocycles. The van der Waals surface area contributed by atoms with Crippen LogP contribution < -0.4 is 9.62 Å². The summed E-state index contributed by atoms with van der Waals surface area (Å²) in [5, 5.41) is 3.16. The van der Waals surface area contributed by atoms with Crippen molar-refractivity contribution in [3.05, 3.63) is 64.7 Å². The van der Waals surface area contributed by atoms with E-state index in [0.29, 0.717) is 17.7 Å². The van der Waals surface area contributed by atoms with E-state index in [1.165, 1.54) is 16.1 Å². The third kappa shape index (κ3) is 4.47. The molecular weight excluding hydrogens is 384 g/mol. The van der Waals surface area contributed by atoms with Gasteiger partial charge in [0.05, 0.1) is 18.0 Å². The van der Waals surface area contributed by atoms with Crippen LogP contribution in [0.4, 0.5) is 5.69 Å². The first-order valence-corrected chi connectivity index (χ1v) is 12.0. The predicted molar refractivity (Wildman–Crippen MR) is 118 cm³/mol. The van der Waals surface area contributed by atoms with Crippen molar-refractivity contribution in [2.24, 2.45) is 5.92 Å². The highest BCUT2D eigenvalue weighted by atomic mass is 32.2. The number of carbonyl (C=O) groups is 1. The van der Waals surface area contributed by atoms with E-state index in [4.69, 9.17) is 0 Å². The van der Waals surface area contributed by atoms with Crippen LogP contribution in [0.25, 0.3) is 0 Å². The highest BCUT2D eigenvalue weighted by Gasteiger charge is 2.33. The molecule has 0 saturated heterocycles. The van der Waals surface area contributed by atoms with Gasteiger partial charge in [0.1, 0.15) is 0 Å². The monoisotopic (exact) mass is 414 g/mol. The molecule has 1 aliphatic rings. The smallest absolute Gasteiger partial charge is 0.251 e. The molecule has 2 atom stereocenters. The van der Waals surface area contributed by atoms with Crippen LogP contribution in [-0.4, -0.2) is 26.6 Å². The second kappa shape index (κ2) is 8.19. The maximum absolute atomic E-state index is 13.0. The summed E-state index contributed by atoms with van der Waals surface area (Å²) >= 11 is 0. The number of nitrogens with one attached hydrogen (secondary N) is 1. The van der Waals surface area contributed by atoms with Crippen molar-refractivity contribution in [2.45, 2.75) is 52.6 Å². The molecule has 0 spiro atoms. The molecule has 0 aromatic heterocycles. The third-order valence-electron chi connectivity index (χ3n) is 5.55. The Morgan fingerprint density at radius 2 is 1.83 bits per heavy atom. The van der Waals surface area contributed by atoms with E-state index in [1.807, 2.05) is 13.0 Å². The number of hydrogen-bond donors (Lipinski definition) is 1. The number of hydrogen-bond acceptors (Lipinski definition) is 3. The van der Waals surface area contributed by atoms with E-state index in [-0.39, 0.29) is 23.9 Å². The third-order valence-corrected chi connectivity index (χ3v) is 6.82. The Morgan fingerprint density at radius 1 is 1.17 bits per heavy atom. The molecule has 2 aromatic rings. The second-order valence-electron chi connectivity index (χ2n) is 8.25. The molecule has 29 heavy (non-hydrogen) atoms. The summed E-state index contributed by atoms with van der Waals surface area (Å²) in [6, 6.07) is 13.4. The maximum atomic E-state index is 13.0. The lowest BCUT2D eigenvalue weighted by atomic mass is 9.94. The fourth-order valence-electron chi connectivity index (χ4n) is 4.07. The first-order valence-electron chi connectivity index (χ1n) is 10.1. The minimum atomic E-state index is -3.34. The maximum Gasteiger partial charge on any atom is 0.251 e. The molecule has 0 fully saturated rings. The zero-order valence-electron chi connectivity index (χ0n) is 17.8. The largest absolute Gasteiger partial charge is 0.345 e. The van der Waals surface area contributed by atoms with Gasteiger partial charge in [-0.3, -0.25) is 9.10 Å². The van der Waals surface area contributed by atoms with Crippen molar-refractivity contribution >= 4 is 21.6 Å². The van der Waals surface area contributed by atoms with Crippen LogP contribution in [0.5, 0.6) is 0 Å². The lowest BCUT2D eigenvalue weighted by Crippen LogP contribution is -2.34. The summed E-state index contributed by atoms with van der Waals surface area (Å²) in [6.07, 6.45) is 2.81. The zero-order valence-corrected chi connectivity index (χ0v) is 18.6. The summed E-state index contributed by atoms with van der Waals surface area (Å²) in [4.78, 5) is 13.0. The van der Waals surface area contributed by atoms with E-state index >= 15 is 0 Å². The number of fused-ring (bicyclic) bond motifs is 1. The number of benzene rings is 2. The SMILES string of the molecule is CCc1ccc(C(NC(=O)c2ccc3c(c2)CC(C)N3S(C)(=O)=O)C(C)C)cc1. The number of anilines is 1. The number of carbonyl (C=O) groups excluding carboxylic acids is 1. The average Bonchev–Trinajstić information content (AvgIpc) is 3.00. The summed E-state index contributed by atoms with van der Waals surface area (Å²) in [5.41, 5.74) is 4.48. The van der Waals surface area contributed by atoms with Crippen LogP contribution in [0.15, 0.2) is 42.5 Å². The van der Waals surface area contributed by atoms with Crippen molar-refractivity contribution in [3.63, 3.8) is 0 Å². The Bertz CT molecular complexity index is 997. The number of rotatable bonds is 6. The molecule has 0 bridgehead atoms. The van der Waals surface area contributed by atoms with Gasteiger partial charge < -0.3 is 5.32 Å². The van der Waals surface area contributed by atoms with Crippen molar-refractivity contribution in [3.8, 4) is 0 Å². The molecule has 5 nitrogen and oxygen atoms in total. The molecule has 1 N–H and O–H groups in total. The summed E-state index contributed by atoms with van der Waals surface area (Å²) < 4.78 is 25.6. The van der Waals surface area contributed by atoms with E-state index < -0.39 is 10.0 Å². The highest BCUT2D eigenvalue weighted by Crippen LogP contribution is 2.35. The summed E-state index contributed by atoms with van der Waals surface area (Å²) in [5.74, 6) is 0.0955. The molecule has 6 heteroatoms. The molecule has 2 aromatic carbocycles. The Kier molecular flexibility index (Phi) is 6.03. The zero-order chi connectivity index (χ0) is 21.3. The molecule has 2 unspecified atom stereocenters. The van der Waals surface area contributed by atoms with E-state index in [9.17, 15) is 13.2 Å². The molecular formula is C23H30N2O3S. The van der Waals surface area contributed by atoms with Crippen molar-refractivity contribution in [1.29, 1.82) is 0 Å². The predicted octanol–water partition coefficient (Wildman–Crippen LogP) is 4.09. The minimum Gasteiger partial charge on any atom is -0.345 e. The summed E-state index contributed by atoms with van der Waals surface area (Å²) in [7, 11) is -3.34. The Hall–Kier alpha value is -2.34. The van der Waals surface area contributed by atoms with E-state index in [0.717, 1.165) is 17.5 Å². The number of sulfonamides is 1. The molecule has 1 amide bonds. The van der Waals surface area contributed by atoms with Crippen LogP contribution in [0.2, 0.25) is 0 Å². The first kappa shape index (κ1) is 21.4. The second-order valence-corrected chi connectivity index (χ2v) is 10.1. The van der Waals surface area contributed by atoms with Gasteiger partial charge in [0.25, 0.3) is 5.91 Å². The van der Waals surface area contributed by atoms with Gasteiger partial charge in [0.2, 0.25) is 10.0 Å². The summed E-state index contributed by atoms with van der Waals surface area (Å²) in [6.45, 7) is 8.19. The van der Waals surface area contributed by atoms with Crippen LogP contribution in [0.1, 0.15) is 60.8 Å². The van der Waals surface area contributed by atoms with Gasteiger partial charge in [-0.05, 0) is 60.6 Å². The van der Waals surface area contributed by atoms with Crippen molar-refractivity contribution in [1.82, 2.24) is 5.32 Å². The van der Waals surface area contributed by atoms with Crippen LogP contribution in [-0.2, 0) is 22.9 Å². The van der Waals surface area contributed by atoms with Gasteiger partial charge in [0.15, 0.2) is 0 Å². The molecule has 3 rings (SSSR count). The molecule has 0 saturated carbocycles. The number of amides is 1. The normalized spacial score (nSPS) is 17.3. The van der Waals surface area contributed by atoms with Gasteiger partial charge >= 0.3 is 0 Å². The number of nitrogens with zero attached hydrogens (tertiary/aromatic N) is 1. The molecule has 1 heterocycles. The standard InChI is InChI=1S/C23H30N2O3S/c1-6-17-7-9-18(10-8-17)22(15(2)3)24-23(26)19-11-12-21-20(14-19)13-16(4)25(21)29(5,27)28/h7-12,14-16,22H,6,13H2,1-5H3,(H,24,26). The van der Waals surface area contributed by atoms with Crippen LogP contribution >= 0.6 is 0 Å². The molecule has 156 valence electrons. The van der Waals surface area contributed by atoms with Crippen LogP contribution in [0.3, 0.4) is 0 Å². The number of aryl methyl sites for hydroxylation is 1. The topological polar surface area (TPSA) is 66.5 Å². The van der Waals surface area contributed by atoms with Crippen LogP contribution in [0, 0.1) is 5.92 Å². The van der Waals surface area contributed by atoms with Gasteiger partial charge in [-0.2, -0.15) is 0 Å². The quantitative estimate of drug-likeness (QED) is 0.774. The Morgan fingerprint density at radius 3 is 2.38 bits per heavy atom. The van der Waals surface area contributed by atoms with E-state index in [1.54, 1.807) is 12.1 Å². The minimum absolute atomic E-state index is 0.0897. The van der Waals surface area contributed by atoms with Gasteiger partial charge in [-0.25, -0.2) is 8.42 Å².